The Labute approximate surface area is 175 Å². The van der Waals surface area contributed by atoms with Crippen molar-refractivity contribution < 1.29 is 14.3 Å². The number of carbonyl (C=O) groups is 1. The van der Waals surface area contributed by atoms with Gasteiger partial charge < -0.3 is 14.8 Å². The first-order valence-corrected chi connectivity index (χ1v) is 10.6. The number of nitrogens with one attached hydrogen (secondary N) is 1. The standard InChI is InChI=1S/C20H27N5O3S/c1-3-8-25-19(16-5-4-6-17(14-16)27-2)22-23-20(25)29-15-18(26)21-7-9-24-10-12-28-13-11-24/h3-6,14H,1,7-13,15H2,2H3,(H,21,26). The van der Waals surface area contributed by atoms with E-state index >= 15 is 0 Å². The Balaban J connectivity index is 1.56. The Morgan fingerprint density at radius 3 is 2.97 bits per heavy atom. The number of nitrogens with zero attached hydrogens (tertiary/aromatic N) is 4. The van der Waals surface area contributed by atoms with Gasteiger partial charge >= 0.3 is 0 Å². The van der Waals surface area contributed by atoms with Crippen LogP contribution in [0.15, 0.2) is 42.1 Å². The Hall–Kier alpha value is -2.36. The fraction of sp³-hybridized carbons (Fsp3) is 0.450. The van der Waals surface area contributed by atoms with Crippen LogP contribution in [0.4, 0.5) is 0 Å². The highest BCUT2D eigenvalue weighted by molar-refractivity contribution is 7.99. The van der Waals surface area contributed by atoms with E-state index in [4.69, 9.17) is 9.47 Å². The predicted molar refractivity (Wildman–Crippen MR) is 113 cm³/mol. The van der Waals surface area contributed by atoms with Crippen LogP contribution in [0.3, 0.4) is 0 Å². The summed E-state index contributed by atoms with van der Waals surface area (Å²) in [5.41, 5.74) is 0.903. The van der Waals surface area contributed by atoms with E-state index in [-0.39, 0.29) is 11.7 Å². The van der Waals surface area contributed by atoms with E-state index in [1.807, 2.05) is 28.8 Å². The van der Waals surface area contributed by atoms with Gasteiger partial charge in [-0.1, -0.05) is 30.0 Å². The predicted octanol–water partition coefficient (Wildman–Crippen LogP) is 1.68. The minimum Gasteiger partial charge on any atom is -0.497 e. The van der Waals surface area contributed by atoms with Crippen molar-refractivity contribution >= 4 is 17.7 Å². The normalized spacial score (nSPS) is 14.5. The number of benzene rings is 1. The zero-order valence-corrected chi connectivity index (χ0v) is 17.5. The molecule has 0 radical (unpaired) electrons. The molecule has 8 nitrogen and oxygen atoms in total. The van der Waals surface area contributed by atoms with Crippen molar-refractivity contribution in [1.29, 1.82) is 0 Å². The first-order valence-electron chi connectivity index (χ1n) is 9.59. The molecular formula is C20H27N5O3S. The van der Waals surface area contributed by atoms with Crippen molar-refractivity contribution in [3.63, 3.8) is 0 Å². The van der Waals surface area contributed by atoms with E-state index in [0.29, 0.717) is 18.2 Å². The van der Waals surface area contributed by atoms with Gasteiger partial charge in [-0.05, 0) is 12.1 Å². The molecule has 9 heteroatoms. The number of amides is 1. The van der Waals surface area contributed by atoms with Gasteiger partial charge in [0.2, 0.25) is 5.91 Å². The third-order valence-electron chi connectivity index (χ3n) is 4.54. The first kappa shape index (κ1) is 21.4. The average Bonchev–Trinajstić information content (AvgIpc) is 3.16. The van der Waals surface area contributed by atoms with Gasteiger partial charge in [0.1, 0.15) is 5.75 Å². The van der Waals surface area contributed by atoms with Gasteiger partial charge in [0.15, 0.2) is 11.0 Å². The number of carbonyl (C=O) groups excluding carboxylic acids is 1. The molecule has 1 aliphatic heterocycles. The molecule has 0 unspecified atom stereocenters. The van der Waals surface area contributed by atoms with Gasteiger partial charge in [-0.2, -0.15) is 0 Å². The lowest BCUT2D eigenvalue weighted by Crippen LogP contribution is -2.41. The van der Waals surface area contributed by atoms with Crippen molar-refractivity contribution in [2.75, 3.05) is 52.3 Å². The molecule has 156 valence electrons. The molecule has 1 aliphatic rings. The summed E-state index contributed by atoms with van der Waals surface area (Å²) in [6.07, 6.45) is 1.79. The highest BCUT2D eigenvalue weighted by Gasteiger charge is 2.16. The molecule has 0 aliphatic carbocycles. The molecule has 0 spiro atoms. The van der Waals surface area contributed by atoms with E-state index < -0.39 is 0 Å². The largest absolute Gasteiger partial charge is 0.497 e. The molecular weight excluding hydrogens is 390 g/mol. The summed E-state index contributed by atoms with van der Waals surface area (Å²) in [5.74, 6) is 1.75. The molecule has 1 N–H and O–H groups in total. The number of methoxy groups -OCH3 is 1. The molecule has 0 atom stereocenters. The van der Waals surface area contributed by atoms with Gasteiger partial charge in [0, 0.05) is 38.3 Å². The molecule has 29 heavy (non-hydrogen) atoms. The monoisotopic (exact) mass is 417 g/mol. The number of thioether (sulfide) groups is 1. The summed E-state index contributed by atoms with van der Waals surface area (Å²) in [6, 6.07) is 7.67. The maximum absolute atomic E-state index is 12.2. The third kappa shape index (κ3) is 6.06. The van der Waals surface area contributed by atoms with Crippen LogP contribution in [0.2, 0.25) is 0 Å². The summed E-state index contributed by atoms with van der Waals surface area (Å²) in [7, 11) is 1.63. The Morgan fingerprint density at radius 2 is 2.21 bits per heavy atom. The zero-order chi connectivity index (χ0) is 20.5. The van der Waals surface area contributed by atoms with Crippen molar-refractivity contribution in [2.24, 2.45) is 0 Å². The maximum atomic E-state index is 12.2. The molecule has 1 amide bonds. The third-order valence-corrected chi connectivity index (χ3v) is 5.51. The molecule has 1 aromatic heterocycles. The Bertz CT molecular complexity index is 820. The summed E-state index contributed by atoms with van der Waals surface area (Å²) in [4.78, 5) is 14.5. The lowest BCUT2D eigenvalue weighted by molar-refractivity contribution is -0.118. The summed E-state index contributed by atoms with van der Waals surface area (Å²) < 4.78 is 12.6. The SMILES string of the molecule is C=CCn1c(SCC(=O)NCCN2CCOCC2)nnc1-c1cccc(OC)c1. The molecule has 1 saturated heterocycles. The molecule has 3 rings (SSSR count). The van der Waals surface area contributed by atoms with Gasteiger partial charge in [0.05, 0.1) is 26.1 Å². The second-order valence-corrected chi connectivity index (χ2v) is 7.47. The number of aromatic nitrogens is 3. The van der Waals surface area contributed by atoms with Crippen molar-refractivity contribution in [2.45, 2.75) is 11.7 Å². The molecule has 0 bridgehead atoms. The number of hydrogen-bond acceptors (Lipinski definition) is 7. The van der Waals surface area contributed by atoms with Crippen LogP contribution in [0.1, 0.15) is 0 Å². The van der Waals surface area contributed by atoms with E-state index in [0.717, 1.165) is 50.0 Å². The van der Waals surface area contributed by atoms with Crippen LogP contribution >= 0.6 is 11.8 Å². The minimum absolute atomic E-state index is 0.0145. The maximum Gasteiger partial charge on any atom is 0.230 e. The van der Waals surface area contributed by atoms with E-state index in [1.165, 1.54) is 11.8 Å². The van der Waals surface area contributed by atoms with E-state index in [2.05, 4.69) is 27.0 Å². The summed E-state index contributed by atoms with van der Waals surface area (Å²) >= 11 is 1.37. The van der Waals surface area contributed by atoms with Crippen molar-refractivity contribution in [1.82, 2.24) is 25.0 Å². The Kier molecular flexibility index (Phi) is 8.09. The van der Waals surface area contributed by atoms with Crippen molar-refractivity contribution in [3.8, 4) is 17.1 Å². The first-order chi connectivity index (χ1) is 14.2. The highest BCUT2D eigenvalue weighted by atomic mass is 32.2. The van der Waals surface area contributed by atoms with E-state index in [9.17, 15) is 4.79 Å². The quantitative estimate of drug-likeness (QED) is 0.465. The van der Waals surface area contributed by atoms with Crippen LogP contribution in [0.5, 0.6) is 5.75 Å². The second kappa shape index (κ2) is 11.0. The summed E-state index contributed by atoms with van der Waals surface area (Å²) in [6.45, 7) is 9.21. The number of ether oxygens (including phenoxy) is 2. The number of allylic oxidation sites excluding steroid dienone is 1. The fourth-order valence-corrected chi connectivity index (χ4v) is 3.80. The minimum atomic E-state index is -0.0145. The number of hydrogen-bond donors (Lipinski definition) is 1. The van der Waals surface area contributed by atoms with Crippen molar-refractivity contribution in [3.05, 3.63) is 36.9 Å². The topological polar surface area (TPSA) is 81.5 Å². The average molecular weight is 418 g/mol. The van der Waals surface area contributed by atoms with Gasteiger partial charge in [0.25, 0.3) is 0 Å². The van der Waals surface area contributed by atoms with Crippen LogP contribution in [-0.4, -0.2) is 77.8 Å². The highest BCUT2D eigenvalue weighted by Crippen LogP contribution is 2.26. The lowest BCUT2D eigenvalue weighted by atomic mass is 10.2. The number of morpholine rings is 1. The van der Waals surface area contributed by atoms with E-state index in [1.54, 1.807) is 13.2 Å². The summed E-state index contributed by atoms with van der Waals surface area (Å²) in [5, 5.41) is 12.3. The Morgan fingerprint density at radius 1 is 1.38 bits per heavy atom. The number of rotatable bonds is 10. The fourth-order valence-electron chi connectivity index (χ4n) is 3.02. The van der Waals surface area contributed by atoms with Crippen LogP contribution in [-0.2, 0) is 16.1 Å². The molecule has 0 saturated carbocycles. The van der Waals surface area contributed by atoms with Gasteiger partial charge in [-0.3, -0.25) is 14.3 Å². The lowest BCUT2D eigenvalue weighted by Gasteiger charge is -2.26. The molecule has 1 fully saturated rings. The van der Waals surface area contributed by atoms with Crippen LogP contribution in [0.25, 0.3) is 11.4 Å². The zero-order valence-electron chi connectivity index (χ0n) is 16.7. The molecule has 2 aromatic rings. The molecule has 2 heterocycles. The second-order valence-electron chi connectivity index (χ2n) is 6.53. The molecule has 1 aromatic carbocycles. The smallest absolute Gasteiger partial charge is 0.230 e. The van der Waals surface area contributed by atoms with Crippen LogP contribution in [0, 0.1) is 0 Å². The van der Waals surface area contributed by atoms with Crippen LogP contribution < -0.4 is 10.1 Å². The van der Waals surface area contributed by atoms with Gasteiger partial charge in [-0.25, -0.2) is 0 Å². The van der Waals surface area contributed by atoms with Gasteiger partial charge in [-0.15, -0.1) is 16.8 Å².